The average Bonchev–Trinajstić information content (AvgIpc) is 3.65. The number of nitrogens with zero attached hydrogens (tertiary/aromatic N) is 1. The molecule has 0 aromatic heterocycles. The number of ether oxygens (including phenoxy) is 2. The molecule has 298 valence electrons. The molecule has 0 bridgehead atoms. The van der Waals surface area contributed by atoms with Crippen molar-refractivity contribution in [1.82, 2.24) is 0 Å². The maximum Gasteiger partial charge on any atom is 0.178 e. The van der Waals surface area contributed by atoms with E-state index in [1.807, 2.05) is 72.8 Å². The number of benzene rings is 8. The normalized spacial score (nSPS) is 16.7. The molecule has 4 nitrogen and oxygen atoms in total. The van der Waals surface area contributed by atoms with Crippen molar-refractivity contribution < 1.29 is 9.47 Å². The molecule has 11 rings (SSSR count). The van der Waals surface area contributed by atoms with E-state index in [0.29, 0.717) is 28.7 Å². The standard InChI is InChI=1S/C47H34N2O2.C11H10/c1-49-41(31-15-5-2-6-16-31)30-40(48)33-18-13-17-32(29-33)36-24-14-26-42-45(36)50-43-28-27-39-44(46(43)51-42)37-23-11-12-25-38(37)47(39,34-19-7-3-8-20-34)35-21-9-4-10-22-35;1-9-6-7-10-4-2-3-5-11(10)8-9/h2-21,23-30,35,48H,1,22H2;2-8H,1H3/b41-30-,48-40?;. The van der Waals surface area contributed by atoms with Gasteiger partial charge in [-0.25, -0.2) is 0 Å². The second-order valence-corrected chi connectivity index (χ2v) is 15.9. The Morgan fingerprint density at radius 2 is 1.32 bits per heavy atom. The lowest BCUT2D eigenvalue weighted by molar-refractivity contribution is 0.361. The zero-order chi connectivity index (χ0) is 42.0. The van der Waals surface area contributed by atoms with Crippen molar-refractivity contribution in [1.29, 1.82) is 5.41 Å². The second-order valence-electron chi connectivity index (χ2n) is 15.9. The van der Waals surface area contributed by atoms with Crippen LogP contribution in [-0.4, -0.2) is 12.4 Å². The number of aliphatic imine (C=N–C) groups is 1. The Bertz CT molecular complexity index is 3110. The number of rotatable bonds is 7. The predicted octanol–water partition coefficient (Wildman–Crippen LogP) is 15.0. The van der Waals surface area contributed by atoms with Crippen LogP contribution < -0.4 is 9.47 Å². The topological polar surface area (TPSA) is 54.7 Å². The first kappa shape index (κ1) is 38.4. The molecule has 2 atom stereocenters. The maximum absolute atomic E-state index is 8.93. The third-order valence-electron chi connectivity index (χ3n) is 12.2. The minimum atomic E-state index is -0.393. The molecule has 1 aliphatic heterocycles. The van der Waals surface area contributed by atoms with Crippen molar-refractivity contribution in [2.24, 2.45) is 10.9 Å². The summed E-state index contributed by atoms with van der Waals surface area (Å²) in [5.74, 6) is 2.96. The van der Waals surface area contributed by atoms with Gasteiger partial charge < -0.3 is 14.9 Å². The van der Waals surface area contributed by atoms with Gasteiger partial charge in [0.05, 0.1) is 16.8 Å². The highest BCUT2D eigenvalue weighted by Crippen LogP contribution is 2.63. The summed E-state index contributed by atoms with van der Waals surface area (Å²) in [6, 6.07) is 62.7. The van der Waals surface area contributed by atoms with Crippen LogP contribution in [0, 0.1) is 18.3 Å². The number of nitrogens with one attached hydrogen (secondary N) is 1. The molecule has 1 heterocycles. The zero-order valence-corrected chi connectivity index (χ0v) is 34.5. The minimum Gasteiger partial charge on any atom is -0.449 e. The fourth-order valence-electron chi connectivity index (χ4n) is 9.42. The van der Waals surface area contributed by atoms with Crippen LogP contribution in [0.1, 0.15) is 39.8 Å². The molecule has 0 saturated heterocycles. The molecule has 2 unspecified atom stereocenters. The van der Waals surface area contributed by atoms with Gasteiger partial charge in [-0.1, -0.05) is 194 Å². The van der Waals surface area contributed by atoms with Crippen molar-refractivity contribution in [2.45, 2.75) is 18.8 Å². The molecule has 1 N–H and O–H groups in total. The number of para-hydroxylation sites is 1. The van der Waals surface area contributed by atoms with E-state index in [4.69, 9.17) is 14.9 Å². The Labute approximate surface area is 363 Å². The van der Waals surface area contributed by atoms with Crippen LogP contribution in [0.2, 0.25) is 0 Å². The Morgan fingerprint density at radius 1 is 0.629 bits per heavy atom. The molecule has 62 heavy (non-hydrogen) atoms. The van der Waals surface area contributed by atoms with Crippen molar-refractivity contribution in [3.05, 3.63) is 246 Å². The summed E-state index contributed by atoms with van der Waals surface area (Å²) in [7, 11) is 0. The maximum atomic E-state index is 8.93. The lowest BCUT2D eigenvalue weighted by Crippen LogP contribution is -2.35. The quantitative estimate of drug-likeness (QED) is 0.163. The van der Waals surface area contributed by atoms with Crippen LogP contribution in [0.3, 0.4) is 0 Å². The summed E-state index contributed by atoms with van der Waals surface area (Å²) < 4.78 is 13.7. The van der Waals surface area contributed by atoms with Crippen LogP contribution in [0.4, 0.5) is 0 Å². The molecular weight excluding hydrogens is 757 g/mol. The predicted molar refractivity (Wildman–Crippen MR) is 256 cm³/mol. The Hall–Kier alpha value is -7.82. The molecule has 0 radical (unpaired) electrons. The monoisotopic (exact) mass is 800 g/mol. The molecule has 8 aromatic rings. The number of allylic oxidation sites excluding steroid dienone is 5. The summed E-state index contributed by atoms with van der Waals surface area (Å²) >= 11 is 0. The van der Waals surface area contributed by atoms with E-state index in [9.17, 15) is 0 Å². The van der Waals surface area contributed by atoms with Gasteiger partial charge in [0.1, 0.15) is 0 Å². The number of fused-ring (bicyclic) bond motifs is 7. The van der Waals surface area contributed by atoms with Crippen LogP contribution in [0.5, 0.6) is 23.0 Å². The van der Waals surface area contributed by atoms with Gasteiger partial charge in [-0.15, -0.1) is 0 Å². The summed E-state index contributed by atoms with van der Waals surface area (Å²) in [6.07, 6.45) is 11.6. The van der Waals surface area contributed by atoms with E-state index in [2.05, 4.69) is 152 Å². The third-order valence-corrected chi connectivity index (χ3v) is 12.2. The zero-order valence-electron chi connectivity index (χ0n) is 34.5. The van der Waals surface area contributed by atoms with E-state index in [-0.39, 0.29) is 5.92 Å². The van der Waals surface area contributed by atoms with Crippen LogP contribution >= 0.6 is 0 Å². The number of hydrogen-bond acceptors (Lipinski definition) is 4. The SMILES string of the molecule is C=N/C(=C\C(=N)c1cccc(-c2cccc3c2Oc2ccc4c(c2O3)-c2ccccc2C4(c2ccccc2)C2C=CC=CC2)c1)c1ccccc1.Cc1ccc2ccccc2c1. The van der Waals surface area contributed by atoms with Crippen LogP contribution in [0.15, 0.2) is 217 Å². The van der Waals surface area contributed by atoms with Gasteiger partial charge in [0.15, 0.2) is 23.0 Å². The van der Waals surface area contributed by atoms with Gasteiger partial charge in [-0.2, -0.15) is 0 Å². The van der Waals surface area contributed by atoms with Crippen LogP contribution in [-0.2, 0) is 5.41 Å². The van der Waals surface area contributed by atoms with Gasteiger partial charge in [-0.05, 0) is 88.8 Å². The molecule has 3 aliphatic rings. The average molecular weight is 801 g/mol. The lowest BCUT2D eigenvalue weighted by Gasteiger charge is -2.39. The molecular formula is C58H44N2O2. The molecule has 8 aromatic carbocycles. The van der Waals surface area contributed by atoms with E-state index in [1.165, 1.54) is 38.6 Å². The van der Waals surface area contributed by atoms with Crippen molar-refractivity contribution >= 4 is 28.9 Å². The first-order valence-electron chi connectivity index (χ1n) is 21.1. The number of aryl methyl sites for hydroxylation is 1. The Balaban J connectivity index is 0.000000361. The summed E-state index contributed by atoms with van der Waals surface area (Å²) in [5, 5.41) is 11.6. The third kappa shape index (κ3) is 6.76. The van der Waals surface area contributed by atoms with E-state index in [0.717, 1.165) is 40.0 Å². The summed E-state index contributed by atoms with van der Waals surface area (Å²) in [5.41, 5.74) is 11.4. The molecule has 0 fully saturated rings. The highest BCUT2D eigenvalue weighted by atomic mass is 16.6. The van der Waals surface area contributed by atoms with Crippen molar-refractivity contribution in [2.75, 3.05) is 0 Å². The van der Waals surface area contributed by atoms with E-state index >= 15 is 0 Å². The fraction of sp³-hybridized carbons (Fsp3) is 0.0690. The van der Waals surface area contributed by atoms with Crippen molar-refractivity contribution in [3.63, 3.8) is 0 Å². The molecule has 2 aliphatic carbocycles. The van der Waals surface area contributed by atoms with Gasteiger partial charge in [0.2, 0.25) is 0 Å². The first-order chi connectivity index (χ1) is 30.5. The summed E-state index contributed by atoms with van der Waals surface area (Å²) in [4.78, 5) is 4.20. The molecule has 0 spiro atoms. The first-order valence-corrected chi connectivity index (χ1v) is 21.1. The van der Waals surface area contributed by atoms with Gasteiger partial charge in [0.25, 0.3) is 0 Å². The highest BCUT2D eigenvalue weighted by Gasteiger charge is 2.51. The second kappa shape index (κ2) is 16.3. The van der Waals surface area contributed by atoms with E-state index < -0.39 is 5.41 Å². The smallest absolute Gasteiger partial charge is 0.178 e. The number of hydrogen-bond donors (Lipinski definition) is 1. The van der Waals surface area contributed by atoms with E-state index in [1.54, 1.807) is 6.08 Å². The lowest BCUT2D eigenvalue weighted by atomic mass is 9.62. The largest absolute Gasteiger partial charge is 0.449 e. The van der Waals surface area contributed by atoms with Gasteiger partial charge >= 0.3 is 0 Å². The molecule has 0 saturated carbocycles. The van der Waals surface area contributed by atoms with Gasteiger partial charge in [-0.3, -0.25) is 4.99 Å². The Morgan fingerprint density at radius 3 is 2.13 bits per heavy atom. The van der Waals surface area contributed by atoms with Gasteiger partial charge in [0, 0.05) is 22.3 Å². The minimum absolute atomic E-state index is 0.223. The van der Waals surface area contributed by atoms with Crippen molar-refractivity contribution in [3.8, 4) is 45.3 Å². The van der Waals surface area contributed by atoms with Crippen LogP contribution in [0.25, 0.3) is 38.7 Å². The molecule has 0 amide bonds. The summed E-state index contributed by atoms with van der Waals surface area (Å²) in [6.45, 7) is 5.86. The fourth-order valence-corrected chi connectivity index (χ4v) is 9.42. The molecule has 4 heteroatoms. The highest BCUT2D eigenvalue weighted by molar-refractivity contribution is 6.11. The Kier molecular flexibility index (Phi) is 10.1.